The van der Waals surface area contributed by atoms with Crippen LogP contribution in [0.1, 0.15) is 23.2 Å². The Kier molecular flexibility index (Phi) is 2.96. The van der Waals surface area contributed by atoms with E-state index in [0.717, 1.165) is 11.9 Å². The average molecular weight is 285 g/mol. The highest BCUT2D eigenvalue weighted by Gasteiger charge is 2.38. The summed E-state index contributed by atoms with van der Waals surface area (Å²) in [6.07, 6.45) is 5.64. The summed E-state index contributed by atoms with van der Waals surface area (Å²) in [4.78, 5) is 21.3. The summed E-state index contributed by atoms with van der Waals surface area (Å²) >= 11 is 0. The molecule has 2 aromatic heterocycles. The highest BCUT2D eigenvalue weighted by molar-refractivity contribution is 5.96. The lowest BCUT2D eigenvalue weighted by molar-refractivity contribution is 0.0162. The topological polar surface area (TPSA) is 49.6 Å². The van der Waals surface area contributed by atoms with E-state index in [1.807, 2.05) is 24.1 Å². The summed E-state index contributed by atoms with van der Waals surface area (Å²) in [6, 6.07) is 4.04. The monoisotopic (exact) mass is 285 g/mol. The molecule has 0 spiro atoms. The summed E-state index contributed by atoms with van der Waals surface area (Å²) in [5.74, 6) is 0.707. The molecule has 2 aromatic rings. The zero-order valence-electron chi connectivity index (χ0n) is 12.2. The van der Waals surface area contributed by atoms with Crippen LogP contribution in [-0.2, 0) is 0 Å². The number of nitrogens with zero attached hydrogens (tertiary/aromatic N) is 3. The molecule has 5 heteroatoms. The normalized spacial score (nSPS) is 28.0. The van der Waals surface area contributed by atoms with Gasteiger partial charge in [0.25, 0.3) is 5.91 Å². The van der Waals surface area contributed by atoms with Crippen LogP contribution in [0.5, 0.6) is 0 Å². The Morgan fingerprint density at radius 3 is 2.95 bits per heavy atom. The SMILES string of the molecule is CN(C(=O)c1cnc2occc2c1)[C@H]1CN2CCC1CC2. The number of hydrogen-bond donors (Lipinski definition) is 0. The second-order valence-electron chi connectivity index (χ2n) is 6.16. The number of carbonyl (C=O) groups excluding carboxylic acids is 1. The summed E-state index contributed by atoms with van der Waals surface area (Å²) < 4.78 is 5.23. The Labute approximate surface area is 123 Å². The van der Waals surface area contributed by atoms with Gasteiger partial charge in [0.05, 0.1) is 11.8 Å². The van der Waals surface area contributed by atoms with Crippen molar-refractivity contribution in [3.63, 3.8) is 0 Å². The van der Waals surface area contributed by atoms with Crippen molar-refractivity contribution in [1.82, 2.24) is 14.8 Å². The molecule has 0 N–H and O–H groups in total. The van der Waals surface area contributed by atoms with Gasteiger partial charge in [0.1, 0.15) is 0 Å². The number of piperidine rings is 3. The molecule has 5 rings (SSSR count). The van der Waals surface area contributed by atoms with Crippen LogP contribution in [0.25, 0.3) is 11.1 Å². The highest BCUT2D eigenvalue weighted by atomic mass is 16.3. The number of likely N-dealkylation sites (N-methyl/N-ethyl adjacent to an activating group) is 1. The van der Waals surface area contributed by atoms with E-state index in [1.165, 1.54) is 25.9 Å². The van der Waals surface area contributed by atoms with Gasteiger partial charge in [-0.2, -0.15) is 0 Å². The second-order valence-corrected chi connectivity index (χ2v) is 6.16. The molecular weight excluding hydrogens is 266 g/mol. The van der Waals surface area contributed by atoms with Crippen molar-refractivity contribution in [1.29, 1.82) is 0 Å². The molecule has 5 nitrogen and oxygen atoms in total. The molecular formula is C16H19N3O2. The van der Waals surface area contributed by atoms with Crippen molar-refractivity contribution in [3.05, 3.63) is 30.2 Å². The van der Waals surface area contributed by atoms with Gasteiger partial charge in [0.2, 0.25) is 5.71 Å². The fraction of sp³-hybridized carbons (Fsp3) is 0.500. The first-order chi connectivity index (χ1) is 10.2. The molecule has 3 aliphatic heterocycles. The van der Waals surface area contributed by atoms with Gasteiger partial charge in [-0.25, -0.2) is 4.98 Å². The quantitative estimate of drug-likeness (QED) is 0.847. The summed E-state index contributed by atoms with van der Waals surface area (Å²) in [6.45, 7) is 3.38. The molecule has 1 amide bonds. The van der Waals surface area contributed by atoms with Crippen LogP contribution in [0.15, 0.2) is 29.0 Å². The van der Waals surface area contributed by atoms with E-state index in [-0.39, 0.29) is 5.91 Å². The van der Waals surface area contributed by atoms with E-state index in [1.54, 1.807) is 12.5 Å². The summed E-state index contributed by atoms with van der Waals surface area (Å²) in [7, 11) is 1.92. The molecule has 3 fully saturated rings. The Morgan fingerprint density at radius 1 is 1.43 bits per heavy atom. The predicted molar refractivity (Wildman–Crippen MR) is 79.1 cm³/mol. The largest absolute Gasteiger partial charge is 0.446 e. The Morgan fingerprint density at radius 2 is 2.24 bits per heavy atom. The van der Waals surface area contributed by atoms with Gasteiger partial charge in [-0.1, -0.05) is 0 Å². The van der Waals surface area contributed by atoms with Crippen molar-refractivity contribution >= 4 is 17.0 Å². The zero-order valence-corrected chi connectivity index (χ0v) is 12.2. The van der Waals surface area contributed by atoms with E-state index in [0.29, 0.717) is 23.2 Å². The smallest absolute Gasteiger partial charge is 0.255 e. The number of aromatic nitrogens is 1. The van der Waals surface area contributed by atoms with Crippen molar-refractivity contribution in [3.8, 4) is 0 Å². The third-order valence-corrected chi connectivity index (χ3v) is 4.99. The van der Waals surface area contributed by atoms with Crippen LogP contribution >= 0.6 is 0 Å². The van der Waals surface area contributed by atoms with E-state index in [4.69, 9.17) is 4.42 Å². The maximum absolute atomic E-state index is 12.7. The average Bonchev–Trinajstić information content (AvgIpc) is 3.02. The standard InChI is InChI=1S/C16H19N3O2/c1-18(14-10-19-5-2-11(14)3-6-19)16(20)13-8-12-4-7-21-15(12)17-9-13/h4,7-9,11,14H,2-3,5-6,10H2,1H3/t14-/m0/s1. The van der Waals surface area contributed by atoms with Gasteiger partial charge in [0, 0.05) is 31.2 Å². The Hall–Kier alpha value is -1.88. The van der Waals surface area contributed by atoms with E-state index < -0.39 is 0 Å². The number of rotatable bonds is 2. The van der Waals surface area contributed by atoms with Crippen LogP contribution in [0, 0.1) is 5.92 Å². The lowest BCUT2D eigenvalue weighted by Crippen LogP contribution is -2.57. The van der Waals surface area contributed by atoms with Gasteiger partial charge in [-0.3, -0.25) is 4.79 Å². The maximum atomic E-state index is 12.7. The molecule has 0 saturated carbocycles. The Bertz CT molecular complexity index is 673. The molecule has 0 radical (unpaired) electrons. The third kappa shape index (κ3) is 2.12. The molecule has 0 aromatic carbocycles. The van der Waals surface area contributed by atoms with E-state index in [9.17, 15) is 4.79 Å². The number of pyridine rings is 1. The highest BCUT2D eigenvalue weighted by Crippen LogP contribution is 2.31. The molecule has 21 heavy (non-hydrogen) atoms. The number of amides is 1. The predicted octanol–water partition coefficient (Wildman–Crippen LogP) is 1.99. The van der Waals surface area contributed by atoms with Gasteiger partial charge >= 0.3 is 0 Å². The van der Waals surface area contributed by atoms with Crippen LogP contribution in [0.4, 0.5) is 0 Å². The summed E-state index contributed by atoms with van der Waals surface area (Å²) in [5.41, 5.74) is 1.22. The first-order valence-corrected chi connectivity index (χ1v) is 7.55. The minimum absolute atomic E-state index is 0.0596. The van der Waals surface area contributed by atoms with Gasteiger partial charge in [-0.15, -0.1) is 0 Å². The fourth-order valence-electron chi connectivity index (χ4n) is 3.70. The number of fused-ring (bicyclic) bond motifs is 4. The molecule has 3 saturated heterocycles. The number of carbonyl (C=O) groups is 1. The van der Waals surface area contributed by atoms with E-state index >= 15 is 0 Å². The minimum Gasteiger partial charge on any atom is -0.446 e. The molecule has 0 aliphatic carbocycles. The third-order valence-electron chi connectivity index (χ3n) is 4.99. The van der Waals surface area contributed by atoms with Crippen molar-refractivity contribution in [2.24, 2.45) is 5.92 Å². The lowest BCUT2D eigenvalue weighted by atomic mass is 9.83. The van der Waals surface area contributed by atoms with Gasteiger partial charge in [0.15, 0.2) is 0 Å². The van der Waals surface area contributed by atoms with Gasteiger partial charge in [-0.05, 0) is 44.0 Å². The molecule has 2 bridgehead atoms. The zero-order chi connectivity index (χ0) is 14.4. The van der Waals surface area contributed by atoms with E-state index in [2.05, 4.69) is 9.88 Å². The molecule has 110 valence electrons. The first kappa shape index (κ1) is 12.8. The molecule has 3 aliphatic rings. The van der Waals surface area contributed by atoms with Crippen LogP contribution in [0.2, 0.25) is 0 Å². The molecule has 1 atom stereocenters. The van der Waals surface area contributed by atoms with Gasteiger partial charge < -0.3 is 14.2 Å². The Balaban J connectivity index is 1.58. The van der Waals surface area contributed by atoms with Crippen LogP contribution in [-0.4, -0.2) is 53.4 Å². The van der Waals surface area contributed by atoms with Crippen LogP contribution in [0.3, 0.4) is 0 Å². The van der Waals surface area contributed by atoms with Crippen molar-refractivity contribution < 1.29 is 9.21 Å². The summed E-state index contributed by atoms with van der Waals surface area (Å²) in [5, 5.41) is 0.878. The fourth-order valence-corrected chi connectivity index (χ4v) is 3.70. The number of furan rings is 1. The first-order valence-electron chi connectivity index (χ1n) is 7.55. The second kappa shape index (κ2) is 4.84. The lowest BCUT2D eigenvalue weighted by Gasteiger charge is -2.48. The number of hydrogen-bond acceptors (Lipinski definition) is 4. The van der Waals surface area contributed by atoms with Crippen molar-refractivity contribution in [2.45, 2.75) is 18.9 Å². The van der Waals surface area contributed by atoms with Crippen LogP contribution < -0.4 is 0 Å². The molecule has 0 unspecified atom stereocenters. The van der Waals surface area contributed by atoms with Crippen molar-refractivity contribution in [2.75, 3.05) is 26.7 Å². The molecule has 5 heterocycles. The minimum atomic E-state index is 0.0596. The maximum Gasteiger partial charge on any atom is 0.255 e.